The van der Waals surface area contributed by atoms with Gasteiger partial charge in [-0.15, -0.1) is 5.26 Å². The fourth-order valence-corrected chi connectivity index (χ4v) is 6.23. The Balaban J connectivity index is 1.37. The van der Waals surface area contributed by atoms with Gasteiger partial charge in [-0.3, -0.25) is 19.0 Å². The van der Waals surface area contributed by atoms with Crippen LogP contribution in [0.1, 0.15) is 51.4 Å². The summed E-state index contributed by atoms with van der Waals surface area (Å²) in [7, 11) is 2.01. The number of benzene rings is 2. The van der Waals surface area contributed by atoms with Gasteiger partial charge in [-0.25, -0.2) is 4.68 Å². The number of rotatable bonds is 8. The van der Waals surface area contributed by atoms with E-state index in [1.165, 1.54) is 40.0 Å². The standard InChI is InChI=1S/C33H30F3N7O4/c1-40-16-4-5-21(40)13-15-38-31(45)26-19-24(47-20-37)11-12-27(26)43-29-25(30(39-43)33(34,35)36)14-18-42(32(29)46)23-9-7-22(8-10-23)41-17-3-2-6-28(41)44/h2-3,6-12,17,19,21H,4-5,13-16,18H2,1H3,(H,38,45). The lowest BCUT2D eigenvalue weighted by Crippen LogP contribution is -2.39. The second-order valence-electron chi connectivity index (χ2n) is 11.4. The third kappa shape index (κ3) is 6.22. The third-order valence-corrected chi connectivity index (χ3v) is 8.59. The van der Waals surface area contributed by atoms with E-state index >= 15 is 0 Å². The van der Waals surface area contributed by atoms with E-state index in [1.807, 2.05) is 7.05 Å². The molecular formula is C33H30F3N7O4. The van der Waals surface area contributed by atoms with E-state index in [9.17, 15) is 27.6 Å². The van der Waals surface area contributed by atoms with Crippen LogP contribution in [0.4, 0.5) is 18.9 Å². The minimum Gasteiger partial charge on any atom is -0.388 e. The summed E-state index contributed by atoms with van der Waals surface area (Å²) in [6, 6.07) is 15.4. The van der Waals surface area contributed by atoms with Crippen molar-refractivity contribution in [2.45, 2.75) is 37.9 Å². The molecule has 0 aliphatic carbocycles. The normalized spacial score (nSPS) is 16.5. The summed E-state index contributed by atoms with van der Waals surface area (Å²) in [5, 5.41) is 15.7. The lowest BCUT2D eigenvalue weighted by Gasteiger charge is -2.28. The summed E-state index contributed by atoms with van der Waals surface area (Å²) in [6.07, 6.45) is 0.827. The number of alkyl halides is 3. The largest absolute Gasteiger partial charge is 0.435 e. The number of fused-ring (bicyclic) bond motifs is 1. The Kier molecular flexibility index (Phi) is 8.57. The number of nitrogens with zero attached hydrogens (tertiary/aromatic N) is 6. The quantitative estimate of drug-likeness (QED) is 0.283. The number of pyridine rings is 1. The predicted octanol–water partition coefficient (Wildman–Crippen LogP) is 4.32. The van der Waals surface area contributed by atoms with Gasteiger partial charge in [-0.1, -0.05) is 6.07 Å². The van der Waals surface area contributed by atoms with Crippen molar-refractivity contribution in [3.63, 3.8) is 0 Å². The summed E-state index contributed by atoms with van der Waals surface area (Å²) in [5.41, 5.74) is -1.31. The van der Waals surface area contributed by atoms with Gasteiger partial charge in [0.2, 0.25) is 0 Å². The van der Waals surface area contributed by atoms with Crippen molar-refractivity contribution >= 4 is 17.5 Å². The van der Waals surface area contributed by atoms with E-state index in [0.29, 0.717) is 30.4 Å². The Bertz CT molecular complexity index is 1930. The fourth-order valence-electron chi connectivity index (χ4n) is 6.23. The van der Waals surface area contributed by atoms with Gasteiger partial charge in [0, 0.05) is 48.3 Å². The maximum atomic E-state index is 14.3. The molecule has 1 saturated heterocycles. The minimum absolute atomic E-state index is 0.000407. The molecule has 4 aromatic rings. The summed E-state index contributed by atoms with van der Waals surface area (Å²) in [5.74, 6) is -1.36. The van der Waals surface area contributed by atoms with Crippen molar-refractivity contribution in [1.29, 1.82) is 5.26 Å². The van der Waals surface area contributed by atoms with Gasteiger partial charge in [0.1, 0.15) is 11.4 Å². The number of amides is 2. The Labute approximate surface area is 267 Å². The molecule has 11 nitrogen and oxygen atoms in total. The third-order valence-electron chi connectivity index (χ3n) is 8.59. The van der Waals surface area contributed by atoms with Crippen LogP contribution in [0.2, 0.25) is 0 Å². The van der Waals surface area contributed by atoms with Crippen LogP contribution in [-0.2, 0) is 12.6 Å². The maximum absolute atomic E-state index is 14.3. The lowest BCUT2D eigenvalue weighted by atomic mass is 10.0. The number of halogens is 3. The monoisotopic (exact) mass is 645 g/mol. The highest BCUT2D eigenvalue weighted by Gasteiger charge is 2.43. The second kappa shape index (κ2) is 12.8. The van der Waals surface area contributed by atoms with Gasteiger partial charge in [-0.05, 0) is 87.8 Å². The van der Waals surface area contributed by atoms with Crippen LogP contribution in [0.25, 0.3) is 11.4 Å². The molecule has 242 valence electrons. The first-order valence-corrected chi connectivity index (χ1v) is 15.0. The average molecular weight is 646 g/mol. The van der Waals surface area contributed by atoms with Gasteiger partial charge >= 0.3 is 6.18 Å². The summed E-state index contributed by atoms with van der Waals surface area (Å²) < 4.78 is 50.1. The predicted molar refractivity (Wildman–Crippen MR) is 165 cm³/mol. The molecule has 47 heavy (non-hydrogen) atoms. The number of ether oxygens (including phenoxy) is 1. The first kappa shape index (κ1) is 31.6. The van der Waals surface area contributed by atoms with E-state index in [2.05, 4.69) is 15.3 Å². The van der Waals surface area contributed by atoms with Crippen molar-refractivity contribution < 1.29 is 27.5 Å². The molecule has 1 atom stereocenters. The van der Waals surface area contributed by atoms with Crippen LogP contribution in [0.15, 0.2) is 71.7 Å². The lowest BCUT2D eigenvalue weighted by molar-refractivity contribution is -0.141. The molecule has 1 unspecified atom stereocenters. The number of carbonyl (C=O) groups excluding carboxylic acids is 2. The summed E-state index contributed by atoms with van der Waals surface area (Å²) >= 11 is 0. The smallest absolute Gasteiger partial charge is 0.388 e. The Morgan fingerprint density at radius 2 is 1.85 bits per heavy atom. The summed E-state index contributed by atoms with van der Waals surface area (Å²) in [6.45, 7) is 1.22. The van der Waals surface area contributed by atoms with E-state index in [4.69, 9.17) is 10.00 Å². The number of aromatic nitrogens is 3. The fraction of sp³-hybridized carbons (Fsp3) is 0.303. The molecule has 6 rings (SSSR count). The van der Waals surface area contributed by atoms with Gasteiger partial charge in [-0.2, -0.15) is 18.3 Å². The number of hydrogen-bond acceptors (Lipinski definition) is 7. The minimum atomic E-state index is -4.87. The molecule has 4 heterocycles. The van der Waals surface area contributed by atoms with Gasteiger partial charge < -0.3 is 19.9 Å². The van der Waals surface area contributed by atoms with Crippen molar-refractivity contribution in [3.05, 3.63) is 99.7 Å². The number of likely N-dealkylation sites (tertiary alicyclic amines) is 1. The number of hydrogen-bond donors (Lipinski definition) is 1. The number of nitrogens with one attached hydrogen (secondary N) is 1. The van der Waals surface area contributed by atoms with E-state index in [-0.39, 0.29) is 46.8 Å². The Morgan fingerprint density at radius 3 is 2.53 bits per heavy atom. The molecule has 1 N–H and O–H groups in total. The number of carbonyl (C=O) groups is 2. The number of anilines is 1. The molecule has 2 aliphatic rings. The molecule has 1 fully saturated rings. The van der Waals surface area contributed by atoms with Gasteiger partial charge in [0.25, 0.3) is 23.6 Å². The van der Waals surface area contributed by atoms with Gasteiger partial charge in [0.05, 0.1) is 11.3 Å². The Morgan fingerprint density at radius 1 is 1.09 bits per heavy atom. The van der Waals surface area contributed by atoms with Crippen molar-refractivity contribution in [2.24, 2.45) is 0 Å². The van der Waals surface area contributed by atoms with Crippen LogP contribution in [-0.4, -0.2) is 63.8 Å². The molecular weight excluding hydrogens is 615 g/mol. The van der Waals surface area contributed by atoms with Crippen LogP contribution in [0.5, 0.6) is 5.75 Å². The molecule has 2 aromatic heterocycles. The highest BCUT2D eigenvalue weighted by Crippen LogP contribution is 2.38. The topological polar surface area (TPSA) is 125 Å². The first-order valence-electron chi connectivity index (χ1n) is 15.0. The van der Waals surface area contributed by atoms with Crippen LogP contribution in [0.3, 0.4) is 0 Å². The van der Waals surface area contributed by atoms with Crippen LogP contribution in [0, 0.1) is 11.5 Å². The van der Waals surface area contributed by atoms with Crippen molar-refractivity contribution in [2.75, 3.05) is 31.6 Å². The molecule has 0 bridgehead atoms. The van der Waals surface area contributed by atoms with E-state index in [0.717, 1.165) is 24.1 Å². The number of nitriles is 1. The molecule has 2 aliphatic heterocycles. The zero-order chi connectivity index (χ0) is 33.3. The maximum Gasteiger partial charge on any atom is 0.435 e. The highest BCUT2D eigenvalue weighted by molar-refractivity contribution is 6.08. The molecule has 2 aromatic carbocycles. The Hall–Kier alpha value is -5.42. The van der Waals surface area contributed by atoms with Gasteiger partial charge in [0.15, 0.2) is 5.69 Å². The van der Waals surface area contributed by atoms with E-state index in [1.54, 1.807) is 42.6 Å². The van der Waals surface area contributed by atoms with E-state index < -0.39 is 23.7 Å². The van der Waals surface area contributed by atoms with Crippen molar-refractivity contribution in [1.82, 2.24) is 24.6 Å². The average Bonchev–Trinajstić information content (AvgIpc) is 3.65. The molecule has 0 radical (unpaired) electrons. The second-order valence-corrected chi connectivity index (χ2v) is 11.4. The molecule has 0 spiro atoms. The molecule has 14 heteroatoms. The van der Waals surface area contributed by atoms with Crippen LogP contribution >= 0.6 is 0 Å². The van der Waals surface area contributed by atoms with Crippen molar-refractivity contribution in [3.8, 4) is 23.4 Å². The SMILES string of the molecule is CN1CCCC1CCNC(=O)c1cc(OC#N)ccc1-n1nc(C(F)(F)F)c2c1C(=O)N(c1ccc(-n3ccccc3=O)cc1)CC2. The molecule has 2 amide bonds. The molecule has 0 saturated carbocycles. The zero-order valence-electron chi connectivity index (χ0n) is 25.3. The highest BCUT2D eigenvalue weighted by atomic mass is 19.4. The first-order chi connectivity index (χ1) is 22.6. The zero-order valence-corrected chi connectivity index (χ0v) is 25.3. The summed E-state index contributed by atoms with van der Waals surface area (Å²) in [4.78, 5) is 43.4. The van der Waals surface area contributed by atoms with Crippen LogP contribution < -0.4 is 20.5 Å².